The summed E-state index contributed by atoms with van der Waals surface area (Å²) in [7, 11) is -3.91. The Kier molecular flexibility index (Phi) is 6.04. The predicted octanol–water partition coefficient (Wildman–Crippen LogP) is 2.99. The zero-order chi connectivity index (χ0) is 16.9. The van der Waals surface area contributed by atoms with E-state index in [0.29, 0.717) is 23.6 Å². The largest absolute Gasteiger partial charge is 0.276 e. The number of hydrogen-bond acceptors (Lipinski definition) is 5. The molecule has 0 bridgehead atoms. The molecule has 122 valence electrons. The molecule has 0 aliphatic heterocycles. The van der Waals surface area contributed by atoms with Crippen molar-refractivity contribution in [1.29, 1.82) is 0 Å². The first-order valence-corrected chi connectivity index (χ1v) is 8.42. The van der Waals surface area contributed by atoms with Crippen molar-refractivity contribution in [2.45, 2.75) is 45.4 Å². The molecule has 0 saturated carbocycles. The summed E-state index contributed by atoms with van der Waals surface area (Å²) in [5, 5.41) is 14.7. The molecule has 8 heteroatoms. The Morgan fingerprint density at radius 3 is 2.59 bits per heavy atom. The fraction of sp³-hybridized carbons (Fsp3) is 0.500. The molecule has 1 aromatic rings. The molecule has 0 unspecified atom stereocenters. The predicted molar refractivity (Wildman–Crippen MR) is 85.3 cm³/mol. The van der Waals surface area contributed by atoms with Crippen LogP contribution in [0.15, 0.2) is 28.2 Å². The summed E-state index contributed by atoms with van der Waals surface area (Å²) >= 11 is 0. The molecule has 0 spiro atoms. The molecule has 1 rings (SSSR count). The third-order valence-electron chi connectivity index (χ3n) is 3.13. The van der Waals surface area contributed by atoms with E-state index in [1.165, 1.54) is 12.1 Å². The Morgan fingerprint density at radius 1 is 1.41 bits per heavy atom. The number of hydrogen-bond donors (Lipinski definition) is 1. The Hall–Kier alpha value is -1.96. The van der Waals surface area contributed by atoms with E-state index in [1.807, 2.05) is 0 Å². The van der Waals surface area contributed by atoms with Crippen LogP contribution in [0.25, 0.3) is 0 Å². The molecule has 1 N–H and O–H groups in total. The van der Waals surface area contributed by atoms with Gasteiger partial charge < -0.3 is 0 Å². The molecule has 0 saturated heterocycles. The molecule has 0 heterocycles. The second kappa shape index (κ2) is 7.35. The molecule has 0 aliphatic carbocycles. The van der Waals surface area contributed by atoms with Crippen molar-refractivity contribution < 1.29 is 13.3 Å². The van der Waals surface area contributed by atoms with Crippen LogP contribution in [-0.2, 0) is 10.0 Å². The second-order valence-corrected chi connectivity index (χ2v) is 7.24. The summed E-state index contributed by atoms with van der Waals surface area (Å²) in [5.41, 5.74) is 0.836. The molecule has 0 aromatic heterocycles. The van der Waals surface area contributed by atoms with Gasteiger partial charge in [0, 0.05) is 17.3 Å². The monoisotopic (exact) mass is 327 g/mol. The highest BCUT2D eigenvalue weighted by Gasteiger charge is 2.19. The smallest absolute Gasteiger partial charge is 0.258 e. The zero-order valence-corrected chi connectivity index (χ0v) is 14.0. The van der Waals surface area contributed by atoms with E-state index in [1.54, 1.807) is 13.8 Å². The number of nitrogens with zero attached hydrogens (tertiary/aromatic N) is 2. The highest BCUT2D eigenvalue weighted by Crippen LogP contribution is 2.22. The lowest BCUT2D eigenvalue weighted by atomic mass is 10.1. The number of nitrogens with one attached hydrogen (secondary N) is 1. The number of nitro benzene ring substituents is 1. The fourth-order valence-corrected chi connectivity index (χ4v) is 2.59. The molecule has 1 aromatic carbocycles. The van der Waals surface area contributed by atoms with Crippen LogP contribution >= 0.6 is 0 Å². The summed E-state index contributed by atoms with van der Waals surface area (Å²) < 4.78 is 24.2. The van der Waals surface area contributed by atoms with Crippen LogP contribution < -0.4 is 4.83 Å². The van der Waals surface area contributed by atoms with Crippen LogP contribution in [0.2, 0.25) is 0 Å². The maximum absolute atomic E-state index is 12.1. The van der Waals surface area contributed by atoms with Crippen molar-refractivity contribution in [3.8, 4) is 0 Å². The van der Waals surface area contributed by atoms with Crippen molar-refractivity contribution in [2.24, 2.45) is 11.0 Å². The minimum atomic E-state index is -3.91. The first-order valence-electron chi connectivity index (χ1n) is 6.93. The molecule has 0 fully saturated rings. The summed E-state index contributed by atoms with van der Waals surface area (Å²) in [6.07, 6.45) is 1.60. The van der Waals surface area contributed by atoms with Gasteiger partial charge in [-0.15, -0.1) is 0 Å². The number of hydrazone groups is 1. The van der Waals surface area contributed by atoms with E-state index in [4.69, 9.17) is 0 Å². The maximum Gasteiger partial charge on any atom is 0.276 e. The molecular formula is C14H21N3O4S. The minimum absolute atomic E-state index is 0.176. The summed E-state index contributed by atoms with van der Waals surface area (Å²) in [5.74, 6) is 0.501. The number of nitro groups is 1. The van der Waals surface area contributed by atoms with Crippen LogP contribution in [0, 0.1) is 23.0 Å². The summed E-state index contributed by atoms with van der Waals surface area (Å²) in [6, 6.07) is 3.77. The average molecular weight is 327 g/mol. The van der Waals surface area contributed by atoms with Gasteiger partial charge >= 0.3 is 0 Å². The molecule has 0 amide bonds. The molecule has 0 radical (unpaired) electrons. The highest BCUT2D eigenvalue weighted by atomic mass is 32.2. The number of sulfonamides is 1. The van der Waals surface area contributed by atoms with Crippen molar-refractivity contribution in [2.75, 3.05) is 0 Å². The zero-order valence-electron chi connectivity index (χ0n) is 13.2. The van der Waals surface area contributed by atoms with Gasteiger partial charge in [-0.3, -0.25) is 10.1 Å². The standard InChI is InChI=1S/C14H21N3O4S/c1-10(2)5-7-12(4)15-16-22(20,21)13-8-6-11(3)14(9-13)17(18)19/h6,8-10,16H,5,7H2,1-4H3. The van der Waals surface area contributed by atoms with E-state index in [2.05, 4.69) is 23.8 Å². The first-order chi connectivity index (χ1) is 10.1. The van der Waals surface area contributed by atoms with Gasteiger partial charge in [-0.05, 0) is 38.7 Å². The lowest BCUT2D eigenvalue weighted by Gasteiger charge is -2.07. The van der Waals surface area contributed by atoms with Gasteiger partial charge in [-0.1, -0.05) is 19.9 Å². The Balaban J connectivity index is 2.93. The van der Waals surface area contributed by atoms with Crippen LogP contribution in [-0.4, -0.2) is 19.1 Å². The number of benzene rings is 1. The molecule has 7 nitrogen and oxygen atoms in total. The molecule has 0 aliphatic rings. The van der Waals surface area contributed by atoms with Crippen molar-refractivity contribution in [3.63, 3.8) is 0 Å². The topological polar surface area (TPSA) is 102 Å². The third-order valence-corrected chi connectivity index (χ3v) is 4.33. The Labute approximate surface area is 130 Å². The first kappa shape index (κ1) is 18.1. The molecule has 22 heavy (non-hydrogen) atoms. The van der Waals surface area contributed by atoms with E-state index >= 15 is 0 Å². The number of rotatable bonds is 7. The SMILES string of the molecule is CC(CCC(C)C)=NNS(=O)(=O)c1ccc(C)c([N+](=O)[O-])c1. The van der Waals surface area contributed by atoms with E-state index in [0.717, 1.165) is 12.5 Å². The van der Waals surface area contributed by atoms with Crippen molar-refractivity contribution in [1.82, 2.24) is 4.83 Å². The summed E-state index contributed by atoms with van der Waals surface area (Å²) in [6.45, 7) is 7.43. The Morgan fingerprint density at radius 2 is 2.05 bits per heavy atom. The third kappa shape index (κ3) is 5.10. The van der Waals surface area contributed by atoms with Gasteiger partial charge in [0.2, 0.25) is 0 Å². The van der Waals surface area contributed by atoms with Gasteiger partial charge in [-0.2, -0.15) is 13.5 Å². The van der Waals surface area contributed by atoms with Crippen molar-refractivity contribution >= 4 is 21.4 Å². The Bertz CT molecular complexity index is 681. The van der Waals surface area contributed by atoms with E-state index in [-0.39, 0.29) is 10.6 Å². The molecule has 0 atom stereocenters. The van der Waals surface area contributed by atoms with Gasteiger partial charge in [0.15, 0.2) is 0 Å². The highest BCUT2D eigenvalue weighted by molar-refractivity contribution is 7.89. The lowest BCUT2D eigenvalue weighted by molar-refractivity contribution is -0.385. The van der Waals surface area contributed by atoms with Gasteiger partial charge in [0.05, 0.1) is 9.82 Å². The normalized spacial score (nSPS) is 12.5. The quantitative estimate of drug-likeness (QED) is 0.472. The van der Waals surface area contributed by atoms with E-state index in [9.17, 15) is 18.5 Å². The van der Waals surface area contributed by atoms with Crippen molar-refractivity contribution in [3.05, 3.63) is 33.9 Å². The second-order valence-electron chi connectivity index (χ2n) is 5.58. The minimum Gasteiger partial charge on any atom is -0.258 e. The summed E-state index contributed by atoms with van der Waals surface area (Å²) in [4.78, 5) is 12.2. The lowest BCUT2D eigenvalue weighted by Crippen LogP contribution is -2.20. The number of aryl methyl sites for hydroxylation is 1. The van der Waals surface area contributed by atoms with E-state index < -0.39 is 14.9 Å². The molecular weight excluding hydrogens is 306 g/mol. The van der Waals surface area contributed by atoms with Crippen LogP contribution in [0.5, 0.6) is 0 Å². The van der Waals surface area contributed by atoms with Gasteiger partial charge in [-0.25, -0.2) is 4.83 Å². The fourth-order valence-electron chi connectivity index (χ4n) is 1.70. The maximum atomic E-state index is 12.1. The van der Waals surface area contributed by atoms with Crippen LogP contribution in [0.4, 0.5) is 5.69 Å². The average Bonchev–Trinajstić information content (AvgIpc) is 2.42. The van der Waals surface area contributed by atoms with Crippen LogP contribution in [0.1, 0.15) is 39.2 Å². The van der Waals surface area contributed by atoms with Gasteiger partial charge in [0.25, 0.3) is 15.7 Å². The van der Waals surface area contributed by atoms with Gasteiger partial charge in [0.1, 0.15) is 0 Å². The van der Waals surface area contributed by atoms with Crippen LogP contribution in [0.3, 0.4) is 0 Å².